The summed E-state index contributed by atoms with van der Waals surface area (Å²) in [5.41, 5.74) is 0. The highest BCUT2D eigenvalue weighted by atomic mass is 16.5. The number of nitrogens with zero attached hydrogens (tertiary/aromatic N) is 1. The number of hydrogen-bond donors (Lipinski definition) is 2. The molecule has 0 radical (unpaired) electrons. The fourth-order valence-corrected chi connectivity index (χ4v) is 3.15. The molecular formula is C16H25N3O3. The van der Waals surface area contributed by atoms with Gasteiger partial charge >= 0.3 is 0 Å². The van der Waals surface area contributed by atoms with Gasteiger partial charge in [0.2, 0.25) is 5.91 Å². The summed E-state index contributed by atoms with van der Waals surface area (Å²) in [6.45, 7) is 7.45. The van der Waals surface area contributed by atoms with E-state index in [1.54, 1.807) is 0 Å². The van der Waals surface area contributed by atoms with Gasteiger partial charge in [-0.1, -0.05) is 0 Å². The molecule has 0 aliphatic carbocycles. The highest BCUT2D eigenvalue weighted by Crippen LogP contribution is 2.23. The lowest BCUT2D eigenvalue weighted by Crippen LogP contribution is -2.44. The fourth-order valence-electron chi connectivity index (χ4n) is 3.15. The Hall–Kier alpha value is -1.37. The molecule has 1 aromatic rings. The molecule has 0 bridgehead atoms. The number of ether oxygens (including phenoxy) is 1. The van der Waals surface area contributed by atoms with Crippen LogP contribution in [-0.2, 0) is 9.53 Å². The predicted octanol–water partition coefficient (Wildman–Crippen LogP) is 0.687. The van der Waals surface area contributed by atoms with E-state index >= 15 is 0 Å². The number of nitrogens with one attached hydrogen (secondary N) is 2. The van der Waals surface area contributed by atoms with Gasteiger partial charge in [0, 0.05) is 26.2 Å². The quantitative estimate of drug-likeness (QED) is 0.838. The lowest BCUT2D eigenvalue weighted by Gasteiger charge is -2.33. The summed E-state index contributed by atoms with van der Waals surface area (Å²) in [6.07, 6.45) is 0.925. The first kappa shape index (κ1) is 15.5. The van der Waals surface area contributed by atoms with Gasteiger partial charge in [-0.15, -0.1) is 0 Å². The van der Waals surface area contributed by atoms with Crippen LogP contribution in [0.1, 0.15) is 24.0 Å². The van der Waals surface area contributed by atoms with Crippen LogP contribution in [0.2, 0.25) is 0 Å². The van der Waals surface area contributed by atoms with E-state index in [4.69, 9.17) is 9.15 Å². The van der Waals surface area contributed by atoms with E-state index in [-0.39, 0.29) is 17.9 Å². The highest BCUT2D eigenvalue weighted by molar-refractivity contribution is 5.79. The Morgan fingerprint density at radius 2 is 2.27 bits per heavy atom. The maximum Gasteiger partial charge on any atom is 0.224 e. The number of rotatable bonds is 5. The summed E-state index contributed by atoms with van der Waals surface area (Å²) >= 11 is 0. The first-order valence-electron chi connectivity index (χ1n) is 8.10. The topological polar surface area (TPSA) is 66.7 Å². The second-order valence-corrected chi connectivity index (χ2v) is 6.05. The third kappa shape index (κ3) is 3.69. The van der Waals surface area contributed by atoms with Crippen LogP contribution in [0.5, 0.6) is 0 Å². The van der Waals surface area contributed by atoms with E-state index in [2.05, 4.69) is 15.5 Å². The van der Waals surface area contributed by atoms with E-state index in [9.17, 15) is 4.79 Å². The molecule has 2 atom stereocenters. The smallest absolute Gasteiger partial charge is 0.224 e. The van der Waals surface area contributed by atoms with Crippen LogP contribution >= 0.6 is 0 Å². The van der Waals surface area contributed by atoms with Crippen molar-refractivity contribution >= 4 is 5.91 Å². The summed E-state index contributed by atoms with van der Waals surface area (Å²) in [5, 5.41) is 6.34. The zero-order valence-electron chi connectivity index (χ0n) is 13.1. The monoisotopic (exact) mass is 307 g/mol. The minimum Gasteiger partial charge on any atom is -0.465 e. The summed E-state index contributed by atoms with van der Waals surface area (Å²) in [5.74, 6) is 2.07. The molecule has 2 saturated heterocycles. The zero-order valence-corrected chi connectivity index (χ0v) is 13.1. The molecule has 2 aliphatic rings. The number of carbonyl (C=O) groups is 1. The van der Waals surface area contributed by atoms with Crippen LogP contribution in [0, 0.1) is 12.8 Å². The minimum absolute atomic E-state index is 0.0795. The van der Waals surface area contributed by atoms with Crippen molar-refractivity contribution in [1.29, 1.82) is 0 Å². The number of morpholine rings is 1. The second-order valence-electron chi connectivity index (χ2n) is 6.05. The molecule has 2 N–H and O–H groups in total. The van der Waals surface area contributed by atoms with Crippen LogP contribution in [0.4, 0.5) is 0 Å². The normalized spacial score (nSPS) is 24.3. The standard InChI is InChI=1S/C16H25N3O3/c1-12-2-3-15(22-12)14(19-6-8-21-9-7-19)11-18-16(20)13-4-5-17-10-13/h2-3,13-14,17H,4-11H2,1H3,(H,18,20). The van der Waals surface area contributed by atoms with E-state index in [0.29, 0.717) is 6.54 Å². The third-order valence-electron chi connectivity index (χ3n) is 4.48. The Bertz CT molecular complexity index is 491. The lowest BCUT2D eigenvalue weighted by molar-refractivity contribution is -0.124. The van der Waals surface area contributed by atoms with Gasteiger partial charge in [0.1, 0.15) is 11.5 Å². The van der Waals surface area contributed by atoms with Gasteiger partial charge in [0.15, 0.2) is 0 Å². The van der Waals surface area contributed by atoms with Gasteiger partial charge < -0.3 is 19.8 Å². The molecule has 2 aliphatic heterocycles. The van der Waals surface area contributed by atoms with Crippen molar-refractivity contribution in [1.82, 2.24) is 15.5 Å². The molecule has 2 unspecified atom stereocenters. The van der Waals surface area contributed by atoms with Crippen LogP contribution in [-0.4, -0.2) is 56.7 Å². The first-order valence-corrected chi connectivity index (χ1v) is 8.10. The van der Waals surface area contributed by atoms with Crippen molar-refractivity contribution in [3.8, 4) is 0 Å². The Kier molecular flexibility index (Phi) is 5.12. The number of aryl methyl sites for hydroxylation is 1. The summed E-state index contributed by atoms with van der Waals surface area (Å²) in [7, 11) is 0. The van der Waals surface area contributed by atoms with Gasteiger partial charge in [0.05, 0.1) is 25.2 Å². The number of hydrogen-bond acceptors (Lipinski definition) is 5. The summed E-state index contributed by atoms with van der Waals surface area (Å²) < 4.78 is 11.2. The van der Waals surface area contributed by atoms with Gasteiger partial charge in [-0.2, -0.15) is 0 Å². The van der Waals surface area contributed by atoms with E-state index < -0.39 is 0 Å². The van der Waals surface area contributed by atoms with Crippen molar-refractivity contribution in [2.45, 2.75) is 19.4 Å². The molecule has 122 valence electrons. The molecule has 0 aromatic carbocycles. The third-order valence-corrected chi connectivity index (χ3v) is 4.48. The predicted molar refractivity (Wildman–Crippen MR) is 82.6 cm³/mol. The second kappa shape index (κ2) is 7.26. The molecule has 2 fully saturated rings. The van der Waals surface area contributed by atoms with E-state index in [0.717, 1.165) is 57.3 Å². The molecule has 3 rings (SSSR count). The van der Waals surface area contributed by atoms with Crippen molar-refractivity contribution in [2.24, 2.45) is 5.92 Å². The average molecular weight is 307 g/mol. The molecule has 3 heterocycles. The zero-order chi connectivity index (χ0) is 15.4. The Morgan fingerprint density at radius 1 is 1.45 bits per heavy atom. The van der Waals surface area contributed by atoms with Crippen molar-refractivity contribution in [3.63, 3.8) is 0 Å². The largest absolute Gasteiger partial charge is 0.465 e. The Balaban J connectivity index is 1.63. The molecule has 22 heavy (non-hydrogen) atoms. The fraction of sp³-hybridized carbons (Fsp3) is 0.688. The molecule has 6 nitrogen and oxygen atoms in total. The molecule has 0 saturated carbocycles. The van der Waals surface area contributed by atoms with Crippen LogP contribution in [0.15, 0.2) is 16.5 Å². The average Bonchev–Trinajstić information content (AvgIpc) is 3.20. The molecule has 1 amide bonds. The summed E-state index contributed by atoms with van der Waals surface area (Å²) in [6, 6.07) is 4.07. The minimum atomic E-state index is 0.0795. The summed E-state index contributed by atoms with van der Waals surface area (Å²) in [4.78, 5) is 14.6. The molecule has 0 spiro atoms. The van der Waals surface area contributed by atoms with Gasteiger partial charge in [-0.05, 0) is 32.0 Å². The van der Waals surface area contributed by atoms with E-state index in [1.165, 1.54) is 0 Å². The van der Waals surface area contributed by atoms with Crippen LogP contribution in [0.3, 0.4) is 0 Å². The molecular weight excluding hydrogens is 282 g/mol. The van der Waals surface area contributed by atoms with Crippen molar-refractivity contribution < 1.29 is 13.9 Å². The van der Waals surface area contributed by atoms with Crippen LogP contribution in [0.25, 0.3) is 0 Å². The Morgan fingerprint density at radius 3 is 2.91 bits per heavy atom. The number of furan rings is 1. The number of carbonyl (C=O) groups excluding carboxylic acids is 1. The first-order chi connectivity index (χ1) is 10.7. The van der Waals surface area contributed by atoms with E-state index in [1.807, 2.05) is 19.1 Å². The van der Waals surface area contributed by atoms with Gasteiger partial charge in [-0.3, -0.25) is 9.69 Å². The highest BCUT2D eigenvalue weighted by Gasteiger charge is 2.28. The van der Waals surface area contributed by atoms with Crippen molar-refractivity contribution in [2.75, 3.05) is 45.9 Å². The van der Waals surface area contributed by atoms with Gasteiger partial charge in [-0.25, -0.2) is 0 Å². The van der Waals surface area contributed by atoms with Gasteiger partial charge in [0.25, 0.3) is 0 Å². The maximum absolute atomic E-state index is 12.2. The maximum atomic E-state index is 12.2. The molecule has 1 aromatic heterocycles. The SMILES string of the molecule is Cc1ccc(C(CNC(=O)C2CCNC2)N2CCOCC2)o1. The lowest BCUT2D eigenvalue weighted by atomic mass is 10.1. The Labute approximate surface area is 131 Å². The van der Waals surface area contributed by atoms with Crippen LogP contribution < -0.4 is 10.6 Å². The number of amides is 1. The molecule has 6 heteroatoms. The van der Waals surface area contributed by atoms with Crippen molar-refractivity contribution in [3.05, 3.63) is 23.7 Å².